The summed E-state index contributed by atoms with van der Waals surface area (Å²) in [5.74, 6) is 5.57. The van der Waals surface area contributed by atoms with Crippen LogP contribution in [0.3, 0.4) is 0 Å². The zero-order chi connectivity index (χ0) is 12.4. The summed E-state index contributed by atoms with van der Waals surface area (Å²) in [6.07, 6.45) is 0. The van der Waals surface area contributed by atoms with E-state index in [2.05, 4.69) is 5.43 Å². The minimum atomic E-state index is -0.163. The molecule has 1 aromatic carbocycles. The highest BCUT2D eigenvalue weighted by molar-refractivity contribution is 7.16. The van der Waals surface area contributed by atoms with E-state index in [0.717, 1.165) is 10.4 Å². The van der Waals surface area contributed by atoms with Crippen LogP contribution in [0.15, 0.2) is 30.3 Å². The van der Waals surface area contributed by atoms with Crippen molar-refractivity contribution in [3.8, 4) is 0 Å². The van der Waals surface area contributed by atoms with E-state index in [9.17, 15) is 0 Å². The first kappa shape index (κ1) is 13.1. The van der Waals surface area contributed by atoms with Crippen molar-refractivity contribution in [2.24, 2.45) is 5.84 Å². The van der Waals surface area contributed by atoms with Gasteiger partial charge in [-0.2, -0.15) is 0 Å². The number of halogens is 3. The first-order valence-corrected chi connectivity index (χ1v) is 6.72. The van der Waals surface area contributed by atoms with Gasteiger partial charge in [-0.05, 0) is 35.9 Å². The highest BCUT2D eigenvalue weighted by Gasteiger charge is 2.15. The van der Waals surface area contributed by atoms with Gasteiger partial charge in [0.2, 0.25) is 0 Å². The molecule has 90 valence electrons. The summed E-state index contributed by atoms with van der Waals surface area (Å²) in [7, 11) is 0. The first-order chi connectivity index (χ1) is 8.10. The summed E-state index contributed by atoms with van der Waals surface area (Å²) in [5, 5.41) is 1.16. The van der Waals surface area contributed by atoms with Gasteiger partial charge in [-0.3, -0.25) is 5.84 Å². The Morgan fingerprint density at radius 2 is 1.71 bits per heavy atom. The molecule has 0 saturated carbocycles. The fourth-order valence-electron chi connectivity index (χ4n) is 1.57. The third kappa shape index (κ3) is 3.13. The van der Waals surface area contributed by atoms with Gasteiger partial charge in [0.05, 0.1) is 10.4 Å². The first-order valence-electron chi connectivity index (χ1n) is 4.77. The summed E-state index contributed by atoms with van der Waals surface area (Å²) < 4.78 is 0.716. The molecule has 0 spiro atoms. The lowest BCUT2D eigenvalue weighted by Crippen LogP contribution is -2.28. The van der Waals surface area contributed by atoms with Crippen molar-refractivity contribution >= 4 is 46.1 Å². The molecule has 0 aliphatic rings. The Bertz CT molecular complexity index is 507. The van der Waals surface area contributed by atoms with Gasteiger partial charge in [0, 0.05) is 14.9 Å². The van der Waals surface area contributed by atoms with Crippen LogP contribution in [0.5, 0.6) is 0 Å². The zero-order valence-electron chi connectivity index (χ0n) is 8.58. The van der Waals surface area contributed by atoms with Crippen molar-refractivity contribution in [1.82, 2.24) is 5.43 Å². The Morgan fingerprint density at radius 1 is 1.06 bits per heavy atom. The second-order valence-corrected chi connectivity index (χ2v) is 6.06. The molecule has 1 atom stereocenters. The average molecular weight is 308 g/mol. The quantitative estimate of drug-likeness (QED) is 0.657. The lowest BCUT2D eigenvalue weighted by atomic mass is 10.1. The highest BCUT2D eigenvalue weighted by atomic mass is 35.5. The van der Waals surface area contributed by atoms with E-state index in [0.29, 0.717) is 14.4 Å². The van der Waals surface area contributed by atoms with Gasteiger partial charge < -0.3 is 0 Å². The Hall–Kier alpha value is -0.290. The third-order valence-electron chi connectivity index (χ3n) is 2.26. The van der Waals surface area contributed by atoms with Gasteiger partial charge in [0.15, 0.2) is 0 Å². The molecule has 0 bridgehead atoms. The average Bonchev–Trinajstić information content (AvgIpc) is 2.64. The molecule has 2 aromatic rings. The molecule has 0 amide bonds. The molecule has 3 N–H and O–H groups in total. The smallest absolute Gasteiger partial charge is 0.0931 e. The molecule has 1 aromatic heterocycles. The van der Waals surface area contributed by atoms with Gasteiger partial charge >= 0.3 is 0 Å². The molecule has 2 rings (SSSR count). The van der Waals surface area contributed by atoms with Gasteiger partial charge in [-0.15, -0.1) is 11.3 Å². The maximum Gasteiger partial charge on any atom is 0.0931 e. The number of nitrogens with two attached hydrogens (primary N) is 1. The van der Waals surface area contributed by atoms with E-state index in [1.807, 2.05) is 24.3 Å². The van der Waals surface area contributed by atoms with Crippen molar-refractivity contribution in [2.75, 3.05) is 0 Å². The Labute approximate surface area is 118 Å². The lowest BCUT2D eigenvalue weighted by Gasteiger charge is -2.15. The van der Waals surface area contributed by atoms with E-state index in [1.54, 1.807) is 6.07 Å². The van der Waals surface area contributed by atoms with E-state index in [1.165, 1.54) is 11.3 Å². The molecule has 0 fully saturated rings. The molecule has 0 aliphatic carbocycles. The van der Waals surface area contributed by atoms with Crippen LogP contribution < -0.4 is 11.3 Å². The number of hydrogen-bond acceptors (Lipinski definition) is 3. The van der Waals surface area contributed by atoms with Crippen LogP contribution >= 0.6 is 46.1 Å². The largest absolute Gasteiger partial charge is 0.271 e. The predicted molar refractivity (Wildman–Crippen MR) is 75.0 cm³/mol. The highest BCUT2D eigenvalue weighted by Crippen LogP contribution is 2.32. The Morgan fingerprint density at radius 3 is 2.18 bits per heavy atom. The molecule has 0 saturated heterocycles. The fraction of sp³-hybridized carbons (Fsp3) is 0.0909. The lowest BCUT2D eigenvalue weighted by molar-refractivity contribution is 0.646. The zero-order valence-corrected chi connectivity index (χ0v) is 11.7. The number of benzene rings is 1. The van der Waals surface area contributed by atoms with Gasteiger partial charge in [0.25, 0.3) is 0 Å². The van der Waals surface area contributed by atoms with E-state index in [4.69, 9.17) is 40.6 Å². The number of hydrogen-bond donors (Lipinski definition) is 2. The van der Waals surface area contributed by atoms with Crippen LogP contribution in [0.25, 0.3) is 0 Å². The van der Waals surface area contributed by atoms with E-state index in [-0.39, 0.29) is 6.04 Å². The predicted octanol–water partition coefficient (Wildman–Crippen LogP) is 4.26. The summed E-state index contributed by atoms with van der Waals surface area (Å²) in [6, 6.07) is 8.92. The van der Waals surface area contributed by atoms with Crippen LogP contribution in [-0.2, 0) is 0 Å². The topological polar surface area (TPSA) is 38.0 Å². The van der Waals surface area contributed by atoms with Crippen LogP contribution in [-0.4, -0.2) is 0 Å². The van der Waals surface area contributed by atoms with Gasteiger partial charge in [-0.1, -0.05) is 34.8 Å². The maximum absolute atomic E-state index is 5.97. The minimum absolute atomic E-state index is 0.163. The Balaban J connectivity index is 2.41. The molecule has 1 unspecified atom stereocenters. The second kappa shape index (κ2) is 5.57. The number of thiophene rings is 1. The number of rotatable bonds is 3. The number of hydrazine groups is 1. The molecule has 17 heavy (non-hydrogen) atoms. The van der Waals surface area contributed by atoms with Crippen LogP contribution in [0, 0.1) is 0 Å². The summed E-state index contributed by atoms with van der Waals surface area (Å²) in [4.78, 5) is 1.01. The Kier molecular flexibility index (Phi) is 4.31. The minimum Gasteiger partial charge on any atom is -0.271 e. The maximum atomic E-state index is 5.97. The molecular weight excluding hydrogens is 299 g/mol. The van der Waals surface area contributed by atoms with Crippen molar-refractivity contribution in [3.63, 3.8) is 0 Å². The van der Waals surface area contributed by atoms with Crippen molar-refractivity contribution in [3.05, 3.63) is 55.2 Å². The monoisotopic (exact) mass is 306 g/mol. The molecule has 0 aliphatic heterocycles. The molecule has 6 heteroatoms. The molecule has 2 nitrogen and oxygen atoms in total. The normalized spacial score (nSPS) is 12.7. The van der Waals surface area contributed by atoms with E-state index < -0.39 is 0 Å². The summed E-state index contributed by atoms with van der Waals surface area (Å²) in [5.41, 5.74) is 3.64. The number of nitrogens with one attached hydrogen (secondary N) is 1. The van der Waals surface area contributed by atoms with Crippen LogP contribution in [0.1, 0.15) is 16.5 Å². The van der Waals surface area contributed by atoms with E-state index >= 15 is 0 Å². The molecule has 0 radical (unpaired) electrons. The standard InChI is InChI=1S/C11H9Cl3N2S/c12-7-3-6(4-8(13)5-7)11(16-15)9-1-2-10(14)17-9/h1-5,11,16H,15H2. The van der Waals surface area contributed by atoms with Gasteiger partial charge in [0.1, 0.15) is 0 Å². The molecular formula is C11H9Cl3N2S. The van der Waals surface area contributed by atoms with Crippen molar-refractivity contribution < 1.29 is 0 Å². The SMILES string of the molecule is NNC(c1cc(Cl)cc(Cl)c1)c1ccc(Cl)s1. The van der Waals surface area contributed by atoms with Crippen LogP contribution in [0.2, 0.25) is 14.4 Å². The van der Waals surface area contributed by atoms with Crippen LogP contribution in [0.4, 0.5) is 0 Å². The summed E-state index contributed by atoms with van der Waals surface area (Å²) in [6.45, 7) is 0. The third-order valence-corrected chi connectivity index (χ3v) is 4.00. The van der Waals surface area contributed by atoms with Crippen molar-refractivity contribution in [2.45, 2.75) is 6.04 Å². The fourth-order valence-corrected chi connectivity index (χ4v) is 3.26. The second-order valence-electron chi connectivity index (χ2n) is 3.44. The molecule has 1 heterocycles. The van der Waals surface area contributed by atoms with Crippen molar-refractivity contribution in [1.29, 1.82) is 0 Å². The van der Waals surface area contributed by atoms with Gasteiger partial charge in [-0.25, -0.2) is 5.43 Å². The summed E-state index contributed by atoms with van der Waals surface area (Å²) >= 11 is 19.3.